The van der Waals surface area contributed by atoms with E-state index in [9.17, 15) is 9.59 Å². The minimum absolute atomic E-state index is 0.198. The summed E-state index contributed by atoms with van der Waals surface area (Å²) in [4.78, 5) is 26.4. The summed E-state index contributed by atoms with van der Waals surface area (Å²) in [6.07, 6.45) is 1.23. The molecule has 5 nitrogen and oxygen atoms in total. The van der Waals surface area contributed by atoms with Gasteiger partial charge in [-0.15, -0.1) is 5.48 Å². The Balaban J connectivity index is 2.31. The van der Waals surface area contributed by atoms with Gasteiger partial charge in [0.15, 0.2) is 0 Å². The van der Waals surface area contributed by atoms with Crippen molar-refractivity contribution in [1.29, 1.82) is 0 Å². The molecule has 1 unspecified atom stereocenters. The first-order valence-electron chi connectivity index (χ1n) is 4.24. The quantitative estimate of drug-likeness (QED) is 0.385. The second-order valence-corrected chi connectivity index (χ2v) is 3.06. The summed E-state index contributed by atoms with van der Waals surface area (Å²) in [6.45, 7) is 3.29. The van der Waals surface area contributed by atoms with Crippen LogP contribution in [0.5, 0.6) is 0 Å². The zero-order valence-corrected chi connectivity index (χ0v) is 7.75. The van der Waals surface area contributed by atoms with Crippen LogP contribution in [0.3, 0.4) is 0 Å². The molecule has 1 fully saturated rings. The Labute approximate surface area is 76.3 Å². The molecule has 0 aliphatic carbocycles. The van der Waals surface area contributed by atoms with E-state index in [1.165, 1.54) is 6.92 Å². The molecule has 1 atom stereocenters. The number of hydrogen-bond donors (Lipinski definition) is 1. The summed E-state index contributed by atoms with van der Waals surface area (Å²) in [6, 6.07) is 0. The van der Waals surface area contributed by atoms with Gasteiger partial charge < -0.3 is 4.74 Å². The number of ketones is 1. The Bertz CT molecular complexity index is 222. The van der Waals surface area contributed by atoms with E-state index < -0.39 is 11.9 Å². The smallest absolute Gasteiger partial charge is 0.316 e. The number of ether oxygens (including phenoxy) is 1. The van der Waals surface area contributed by atoms with E-state index in [-0.39, 0.29) is 12.2 Å². The molecule has 0 radical (unpaired) electrons. The summed E-state index contributed by atoms with van der Waals surface area (Å²) in [5, 5.41) is 0. The third kappa shape index (κ3) is 3.12. The van der Waals surface area contributed by atoms with Crippen LogP contribution < -0.4 is 5.48 Å². The molecule has 1 aliphatic rings. The molecule has 74 valence electrons. The number of carbonyl (C=O) groups excluding carboxylic acids is 2. The fourth-order valence-electron chi connectivity index (χ4n) is 1.00. The van der Waals surface area contributed by atoms with Gasteiger partial charge in [-0.05, 0) is 13.3 Å². The first-order chi connectivity index (χ1) is 6.08. The molecule has 1 N–H and O–H groups in total. The number of rotatable bonds is 5. The fourth-order valence-corrected chi connectivity index (χ4v) is 1.00. The van der Waals surface area contributed by atoms with E-state index in [2.05, 4.69) is 5.48 Å². The number of hydrogen-bond acceptors (Lipinski definition) is 5. The van der Waals surface area contributed by atoms with Crippen molar-refractivity contribution in [1.82, 2.24) is 5.48 Å². The highest BCUT2D eigenvalue weighted by atomic mass is 16.9. The van der Waals surface area contributed by atoms with Gasteiger partial charge in [0.1, 0.15) is 12.2 Å². The van der Waals surface area contributed by atoms with Crippen molar-refractivity contribution in [3.63, 3.8) is 0 Å². The molecule has 5 heteroatoms. The van der Waals surface area contributed by atoms with Gasteiger partial charge in [-0.25, -0.2) is 4.84 Å². The molecule has 0 bridgehead atoms. The van der Waals surface area contributed by atoms with Gasteiger partial charge in [-0.2, -0.15) is 0 Å². The van der Waals surface area contributed by atoms with E-state index in [1.54, 1.807) is 0 Å². The molecule has 0 saturated carbocycles. The van der Waals surface area contributed by atoms with Gasteiger partial charge in [0.05, 0.1) is 0 Å². The number of esters is 1. The summed E-state index contributed by atoms with van der Waals surface area (Å²) < 4.78 is 4.91. The van der Waals surface area contributed by atoms with Crippen LogP contribution >= 0.6 is 0 Å². The molecular weight excluding hydrogens is 174 g/mol. The largest absolute Gasteiger partial charge is 0.415 e. The molecule has 1 rings (SSSR count). The van der Waals surface area contributed by atoms with Crippen LogP contribution in [0.1, 0.15) is 33.1 Å². The minimum Gasteiger partial charge on any atom is -0.415 e. The second kappa shape index (κ2) is 3.85. The SMILES string of the molecule is CCCC1(OC(=O)CC(C)=O)NO1. The Hall–Kier alpha value is -0.940. The van der Waals surface area contributed by atoms with Crippen molar-refractivity contribution in [2.75, 3.05) is 0 Å². The first-order valence-corrected chi connectivity index (χ1v) is 4.24. The maximum absolute atomic E-state index is 11.0. The van der Waals surface area contributed by atoms with Crippen LogP contribution in [0, 0.1) is 0 Å². The van der Waals surface area contributed by atoms with E-state index in [4.69, 9.17) is 9.57 Å². The van der Waals surface area contributed by atoms with Crippen LogP contribution in [0.4, 0.5) is 0 Å². The van der Waals surface area contributed by atoms with Crippen LogP contribution in [0.2, 0.25) is 0 Å². The highest BCUT2D eigenvalue weighted by Crippen LogP contribution is 2.27. The molecule has 0 amide bonds. The van der Waals surface area contributed by atoms with Gasteiger partial charge >= 0.3 is 11.9 Å². The number of nitrogens with one attached hydrogen (secondary N) is 1. The molecule has 1 saturated heterocycles. The van der Waals surface area contributed by atoms with Crippen molar-refractivity contribution in [2.45, 2.75) is 39.0 Å². The normalized spacial score (nSPS) is 25.4. The fraction of sp³-hybridized carbons (Fsp3) is 0.750. The van der Waals surface area contributed by atoms with Crippen LogP contribution in [-0.2, 0) is 19.2 Å². The van der Waals surface area contributed by atoms with Gasteiger partial charge in [0.25, 0.3) is 0 Å². The molecule has 0 aromatic carbocycles. The first kappa shape index (κ1) is 10.1. The predicted molar refractivity (Wildman–Crippen MR) is 43.2 cm³/mol. The molecule has 1 aliphatic heterocycles. The lowest BCUT2D eigenvalue weighted by Gasteiger charge is -2.08. The zero-order valence-electron chi connectivity index (χ0n) is 7.75. The molecule has 0 aromatic heterocycles. The van der Waals surface area contributed by atoms with Crippen molar-refractivity contribution in [3.8, 4) is 0 Å². The summed E-state index contributed by atoms with van der Waals surface area (Å²) >= 11 is 0. The monoisotopic (exact) mass is 187 g/mol. The third-order valence-corrected chi connectivity index (χ3v) is 1.58. The average molecular weight is 187 g/mol. The summed E-state index contributed by atoms with van der Waals surface area (Å²) in [5.74, 6) is -1.70. The summed E-state index contributed by atoms with van der Waals surface area (Å²) in [7, 11) is 0. The Morgan fingerprint density at radius 1 is 1.54 bits per heavy atom. The Morgan fingerprint density at radius 3 is 2.54 bits per heavy atom. The highest BCUT2D eigenvalue weighted by Gasteiger charge is 2.48. The molecule has 0 aromatic rings. The van der Waals surface area contributed by atoms with Crippen LogP contribution in [0.25, 0.3) is 0 Å². The van der Waals surface area contributed by atoms with Gasteiger partial charge in [-0.3, -0.25) is 9.59 Å². The van der Waals surface area contributed by atoms with Gasteiger partial charge in [0, 0.05) is 6.42 Å². The van der Waals surface area contributed by atoms with Crippen molar-refractivity contribution >= 4 is 11.8 Å². The van der Waals surface area contributed by atoms with Crippen LogP contribution in [-0.4, -0.2) is 17.7 Å². The zero-order chi connectivity index (χ0) is 9.90. The Kier molecular flexibility index (Phi) is 3.00. The standard InChI is InChI=1S/C8H13NO4/c1-3-4-8(9-13-8)12-7(11)5-6(2)10/h9H,3-5H2,1-2H3. The average Bonchev–Trinajstić information content (AvgIpc) is 2.67. The van der Waals surface area contributed by atoms with Crippen molar-refractivity contribution < 1.29 is 19.2 Å². The number of hydroxylamine groups is 1. The predicted octanol–water partition coefficient (Wildman–Crippen LogP) is 0.497. The van der Waals surface area contributed by atoms with E-state index in [0.717, 1.165) is 6.42 Å². The molecular formula is C8H13NO4. The molecule has 1 heterocycles. The van der Waals surface area contributed by atoms with Gasteiger partial charge in [0.2, 0.25) is 0 Å². The molecule has 0 spiro atoms. The lowest BCUT2D eigenvalue weighted by Crippen LogP contribution is -2.25. The Morgan fingerprint density at radius 2 is 2.15 bits per heavy atom. The van der Waals surface area contributed by atoms with E-state index >= 15 is 0 Å². The maximum atomic E-state index is 11.0. The van der Waals surface area contributed by atoms with Crippen molar-refractivity contribution in [2.24, 2.45) is 0 Å². The third-order valence-electron chi connectivity index (χ3n) is 1.58. The highest BCUT2D eigenvalue weighted by molar-refractivity contribution is 5.94. The molecule has 13 heavy (non-hydrogen) atoms. The van der Waals surface area contributed by atoms with Crippen molar-refractivity contribution in [3.05, 3.63) is 0 Å². The lowest BCUT2D eigenvalue weighted by atomic mass is 10.3. The van der Waals surface area contributed by atoms with Crippen LogP contribution in [0.15, 0.2) is 0 Å². The number of carbonyl (C=O) groups is 2. The summed E-state index contributed by atoms with van der Waals surface area (Å²) in [5.41, 5.74) is 2.50. The number of Topliss-reactive ketones (excluding diaryl/α,β-unsaturated/α-hetero) is 1. The second-order valence-electron chi connectivity index (χ2n) is 3.06. The van der Waals surface area contributed by atoms with E-state index in [1.807, 2.05) is 6.92 Å². The van der Waals surface area contributed by atoms with E-state index in [0.29, 0.717) is 6.42 Å². The lowest BCUT2D eigenvalue weighted by molar-refractivity contribution is -0.160. The maximum Gasteiger partial charge on any atom is 0.316 e. The minimum atomic E-state index is -0.943. The topological polar surface area (TPSA) is 77.8 Å². The van der Waals surface area contributed by atoms with Gasteiger partial charge in [-0.1, -0.05) is 6.92 Å².